The van der Waals surface area contributed by atoms with Gasteiger partial charge in [0.25, 0.3) is 0 Å². The molecule has 5 heteroatoms. The standard InChI is InChI=1S/C22H33NO2SSi/c1-22(2,3)27(5,6)25-14-13-23-17-18-9-10-19(21(16-18)24-4)11-12-20-8-7-15-26-20/h7-12,15-16,23H,13-14,17H2,1-6H3. The molecule has 1 N–H and O–H groups in total. The van der Waals surface area contributed by atoms with Crippen LogP contribution in [0.2, 0.25) is 18.1 Å². The van der Waals surface area contributed by atoms with Crippen LogP contribution in [0, 0.1) is 0 Å². The minimum absolute atomic E-state index is 0.257. The number of rotatable bonds is 9. The maximum atomic E-state index is 6.21. The topological polar surface area (TPSA) is 30.5 Å². The fourth-order valence-corrected chi connectivity index (χ4v) is 4.05. The third kappa shape index (κ3) is 6.61. The summed E-state index contributed by atoms with van der Waals surface area (Å²) in [5.74, 6) is 0.902. The second-order valence-electron chi connectivity index (χ2n) is 8.21. The Hall–Kier alpha value is -1.40. The molecule has 0 saturated heterocycles. The van der Waals surface area contributed by atoms with E-state index in [0.717, 1.165) is 31.0 Å². The second-order valence-corrected chi connectivity index (χ2v) is 14.0. The van der Waals surface area contributed by atoms with E-state index in [1.807, 2.05) is 0 Å². The van der Waals surface area contributed by atoms with Gasteiger partial charge in [-0.2, -0.15) is 0 Å². The first-order chi connectivity index (χ1) is 12.7. The summed E-state index contributed by atoms with van der Waals surface area (Å²) in [7, 11) is 0.0690. The third-order valence-electron chi connectivity index (χ3n) is 5.15. The van der Waals surface area contributed by atoms with Crippen molar-refractivity contribution in [2.75, 3.05) is 20.3 Å². The van der Waals surface area contributed by atoms with Crippen molar-refractivity contribution in [1.82, 2.24) is 5.32 Å². The van der Waals surface area contributed by atoms with Crippen LogP contribution in [-0.2, 0) is 11.0 Å². The molecule has 0 fully saturated rings. The molecule has 0 spiro atoms. The lowest BCUT2D eigenvalue weighted by Crippen LogP contribution is -2.42. The van der Waals surface area contributed by atoms with Gasteiger partial charge in [-0.15, -0.1) is 11.3 Å². The van der Waals surface area contributed by atoms with Crippen molar-refractivity contribution in [3.63, 3.8) is 0 Å². The van der Waals surface area contributed by atoms with Crippen LogP contribution in [0.3, 0.4) is 0 Å². The van der Waals surface area contributed by atoms with Crippen LogP contribution < -0.4 is 10.1 Å². The van der Waals surface area contributed by atoms with Crippen molar-refractivity contribution in [3.8, 4) is 5.75 Å². The Morgan fingerprint density at radius 1 is 1.15 bits per heavy atom. The summed E-state index contributed by atoms with van der Waals surface area (Å²) < 4.78 is 11.8. The first kappa shape index (κ1) is 21.9. The van der Waals surface area contributed by atoms with Gasteiger partial charge in [0.15, 0.2) is 8.32 Å². The van der Waals surface area contributed by atoms with Crippen molar-refractivity contribution in [1.29, 1.82) is 0 Å². The fraction of sp³-hybridized carbons (Fsp3) is 0.455. The monoisotopic (exact) mass is 403 g/mol. The average molecular weight is 404 g/mol. The van der Waals surface area contributed by atoms with Crippen LogP contribution in [0.4, 0.5) is 0 Å². The van der Waals surface area contributed by atoms with Gasteiger partial charge in [0, 0.05) is 30.1 Å². The van der Waals surface area contributed by atoms with Crippen molar-refractivity contribution in [2.24, 2.45) is 0 Å². The molecule has 0 bridgehead atoms. The summed E-state index contributed by atoms with van der Waals surface area (Å²) in [5, 5.41) is 5.82. The summed E-state index contributed by atoms with van der Waals surface area (Å²) in [5.41, 5.74) is 2.31. The highest BCUT2D eigenvalue weighted by Crippen LogP contribution is 2.36. The van der Waals surface area contributed by atoms with Gasteiger partial charge in [0.05, 0.1) is 7.11 Å². The molecule has 0 amide bonds. The average Bonchev–Trinajstić information content (AvgIpc) is 3.12. The number of thiophene rings is 1. The van der Waals surface area contributed by atoms with Crippen molar-refractivity contribution < 1.29 is 9.16 Å². The van der Waals surface area contributed by atoms with Gasteiger partial charge in [0.2, 0.25) is 0 Å². The first-order valence-electron chi connectivity index (χ1n) is 9.46. The molecule has 0 aliphatic rings. The van der Waals surface area contributed by atoms with E-state index < -0.39 is 8.32 Å². The molecule has 0 aliphatic heterocycles. The lowest BCUT2D eigenvalue weighted by atomic mass is 10.1. The highest BCUT2D eigenvalue weighted by molar-refractivity contribution is 7.10. The van der Waals surface area contributed by atoms with E-state index in [1.54, 1.807) is 18.4 Å². The number of hydrogen-bond donors (Lipinski definition) is 1. The lowest BCUT2D eigenvalue weighted by Gasteiger charge is -2.36. The van der Waals surface area contributed by atoms with Crippen molar-refractivity contribution in [3.05, 3.63) is 51.7 Å². The van der Waals surface area contributed by atoms with Crippen LogP contribution in [-0.4, -0.2) is 28.6 Å². The van der Waals surface area contributed by atoms with Crippen molar-refractivity contribution in [2.45, 2.75) is 45.4 Å². The van der Waals surface area contributed by atoms with E-state index in [4.69, 9.17) is 9.16 Å². The molecular formula is C22H33NO2SSi. The van der Waals surface area contributed by atoms with E-state index in [1.165, 1.54) is 10.4 Å². The molecule has 0 saturated carbocycles. The Labute approximate surface area is 169 Å². The highest BCUT2D eigenvalue weighted by Gasteiger charge is 2.36. The van der Waals surface area contributed by atoms with E-state index in [2.05, 4.69) is 87.0 Å². The van der Waals surface area contributed by atoms with Crippen LogP contribution >= 0.6 is 11.3 Å². The lowest BCUT2D eigenvalue weighted by molar-refractivity contribution is 0.285. The van der Waals surface area contributed by atoms with E-state index in [-0.39, 0.29) is 5.04 Å². The summed E-state index contributed by atoms with van der Waals surface area (Å²) in [4.78, 5) is 1.24. The summed E-state index contributed by atoms with van der Waals surface area (Å²) in [6.07, 6.45) is 4.23. The van der Waals surface area contributed by atoms with Gasteiger partial charge in [-0.25, -0.2) is 0 Å². The summed E-state index contributed by atoms with van der Waals surface area (Å²) in [6, 6.07) is 10.5. The Kier molecular flexibility index (Phi) is 7.86. The number of benzene rings is 1. The molecule has 148 valence electrons. The van der Waals surface area contributed by atoms with Crippen LogP contribution in [0.25, 0.3) is 12.2 Å². The van der Waals surface area contributed by atoms with Crippen LogP contribution in [0.5, 0.6) is 5.75 Å². The Bertz CT molecular complexity index is 733. The predicted molar refractivity (Wildman–Crippen MR) is 121 cm³/mol. The molecule has 0 radical (unpaired) electrons. The predicted octanol–water partition coefficient (Wildman–Crippen LogP) is 6.04. The smallest absolute Gasteiger partial charge is 0.192 e. The molecule has 1 aromatic heterocycles. The van der Waals surface area contributed by atoms with Crippen LogP contribution in [0.15, 0.2) is 35.7 Å². The minimum Gasteiger partial charge on any atom is -0.496 e. The number of hydrogen-bond acceptors (Lipinski definition) is 4. The van der Waals surface area contributed by atoms with Crippen molar-refractivity contribution >= 4 is 31.8 Å². The summed E-state index contributed by atoms with van der Waals surface area (Å²) >= 11 is 1.73. The van der Waals surface area contributed by atoms with Gasteiger partial charge in [-0.3, -0.25) is 0 Å². The van der Waals surface area contributed by atoms with E-state index >= 15 is 0 Å². The number of methoxy groups -OCH3 is 1. The van der Waals surface area contributed by atoms with Gasteiger partial charge in [0.1, 0.15) is 5.75 Å². The maximum absolute atomic E-state index is 6.21. The zero-order valence-electron chi connectivity index (χ0n) is 17.5. The molecule has 2 rings (SSSR count). The Balaban J connectivity index is 1.85. The van der Waals surface area contributed by atoms with Crippen LogP contribution in [0.1, 0.15) is 36.8 Å². The molecule has 1 heterocycles. The van der Waals surface area contributed by atoms with E-state index in [9.17, 15) is 0 Å². The zero-order chi connectivity index (χ0) is 19.9. The molecule has 27 heavy (non-hydrogen) atoms. The van der Waals surface area contributed by atoms with Gasteiger partial charge >= 0.3 is 0 Å². The highest BCUT2D eigenvalue weighted by atomic mass is 32.1. The van der Waals surface area contributed by atoms with Gasteiger partial charge < -0.3 is 14.5 Å². The van der Waals surface area contributed by atoms with Gasteiger partial charge in [-0.05, 0) is 53.4 Å². The van der Waals surface area contributed by atoms with Gasteiger partial charge in [-0.1, -0.05) is 39.0 Å². The molecule has 1 aromatic carbocycles. The minimum atomic E-state index is -1.66. The first-order valence-corrected chi connectivity index (χ1v) is 13.2. The molecular weight excluding hydrogens is 370 g/mol. The maximum Gasteiger partial charge on any atom is 0.192 e. The normalized spacial score (nSPS) is 12.7. The third-order valence-corrected chi connectivity index (χ3v) is 10.5. The largest absolute Gasteiger partial charge is 0.496 e. The number of ether oxygens (including phenoxy) is 1. The number of nitrogens with one attached hydrogen (secondary N) is 1. The quantitative estimate of drug-likeness (QED) is 0.409. The fourth-order valence-electron chi connectivity index (χ4n) is 2.39. The summed E-state index contributed by atoms with van der Waals surface area (Å²) in [6.45, 7) is 13.8. The molecule has 2 aromatic rings. The molecule has 0 aliphatic carbocycles. The Morgan fingerprint density at radius 3 is 2.56 bits per heavy atom. The second kappa shape index (κ2) is 9.69. The van der Waals surface area contributed by atoms with E-state index in [0.29, 0.717) is 0 Å². The SMILES string of the molecule is COc1cc(CNCCO[Si](C)(C)C(C)(C)C)ccc1C=Cc1cccs1. The molecule has 3 nitrogen and oxygen atoms in total. The molecule has 0 unspecified atom stereocenters. The molecule has 0 atom stereocenters. The Morgan fingerprint density at radius 2 is 1.93 bits per heavy atom. The zero-order valence-corrected chi connectivity index (χ0v) is 19.3.